The van der Waals surface area contributed by atoms with E-state index in [4.69, 9.17) is 4.74 Å². The van der Waals surface area contributed by atoms with Gasteiger partial charge in [-0.2, -0.15) is 0 Å². The van der Waals surface area contributed by atoms with Crippen LogP contribution in [0, 0.1) is 5.92 Å². The van der Waals surface area contributed by atoms with Crippen molar-refractivity contribution >= 4 is 17.6 Å². The Labute approximate surface area is 136 Å². The van der Waals surface area contributed by atoms with Gasteiger partial charge in [-0.3, -0.25) is 4.79 Å². The monoisotopic (exact) mass is 317 g/mol. The van der Waals surface area contributed by atoms with Gasteiger partial charge in [0.15, 0.2) is 0 Å². The molecule has 1 aliphatic carbocycles. The van der Waals surface area contributed by atoms with E-state index in [0.29, 0.717) is 30.6 Å². The van der Waals surface area contributed by atoms with E-state index in [1.54, 1.807) is 18.1 Å². The van der Waals surface area contributed by atoms with Crippen LogP contribution in [-0.2, 0) is 4.79 Å². The van der Waals surface area contributed by atoms with Crippen molar-refractivity contribution in [3.63, 3.8) is 0 Å². The van der Waals surface area contributed by atoms with Crippen LogP contribution >= 0.6 is 0 Å². The third-order valence-electron chi connectivity index (χ3n) is 4.32. The highest BCUT2D eigenvalue weighted by atomic mass is 16.5. The average molecular weight is 317 g/mol. The molecule has 0 bridgehead atoms. The lowest BCUT2D eigenvalue weighted by atomic mass is 9.97. The number of nitrogens with one attached hydrogen (secondary N) is 2. The van der Waals surface area contributed by atoms with E-state index in [1.807, 2.05) is 18.2 Å². The number of ether oxygens (including phenoxy) is 1. The Morgan fingerprint density at radius 3 is 2.83 bits per heavy atom. The summed E-state index contributed by atoms with van der Waals surface area (Å²) in [4.78, 5) is 26.3. The maximum absolute atomic E-state index is 12.4. The zero-order valence-electron chi connectivity index (χ0n) is 13.4. The van der Waals surface area contributed by atoms with Crippen molar-refractivity contribution in [3.05, 3.63) is 24.3 Å². The number of benzene rings is 1. The normalized spacial score (nSPS) is 20.7. The summed E-state index contributed by atoms with van der Waals surface area (Å²) in [5, 5.41) is 5.91. The lowest BCUT2D eigenvalue weighted by Gasteiger charge is -2.32. The highest BCUT2D eigenvalue weighted by Crippen LogP contribution is 2.23. The molecule has 124 valence electrons. The molecule has 23 heavy (non-hydrogen) atoms. The number of carbonyl (C=O) groups excluding carboxylic acids is 2. The molecule has 1 aromatic carbocycles. The number of hydrogen-bond acceptors (Lipinski definition) is 3. The zero-order chi connectivity index (χ0) is 16.2. The third-order valence-corrected chi connectivity index (χ3v) is 4.32. The molecular formula is C17H23N3O3. The molecule has 0 radical (unpaired) electrons. The summed E-state index contributed by atoms with van der Waals surface area (Å²) in [7, 11) is 1.59. The Bertz CT molecular complexity index is 586. The first-order valence-electron chi connectivity index (χ1n) is 8.16. The van der Waals surface area contributed by atoms with Gasteiger partial charge in [0.05, 0.1) is 13.0 Å². The number of nitrogens with zero attached hydrogens (tertiary/aromatic N) is 1. The molecule has 2 N–H and O–H groups in total. The van der Waals surface area contributed by atoms with E-state index in [-0.39, 0.29) is 17.9 Å². The zero-order valence-corrected chi connectivity index (χ0v) is 13.4. The summed E-state index contributed by atoms with van der Waals surface area (Å²) >= 11 is 0. The molecule has 2 fully saturated rings. The lowest BCUT2D eigenvalue weighted by molar-refractivity contribution is -0.126. The number of amides is 3. The van der Waals surface area contributed by atoms with Crippen LogP contribution in [0.5, 0.6) is 5.75 Å². The number of methoxy groups -OCH3 is 1. The summed E-state index contributed by atoms with van der Waals surface area (Å²) in [5.74, 6) is 0.690. The van der Waals surface area contributed by atoms with E-state index in [1.165, 1.54) is 0 Å². The average Bonchev–Trinajstić information content (AvgIpc) is 3.39. The van der Waals surface area contributed by atoms with Crippen LogP contribution in [0.25, 0.3) is 0 Å². The largest absolute Gasteiger partial charge is 0.497 e. The first-order chi connectivity index (χ1) is 11.2. The maximum Gasteiger partial charge on any atom is 0.321 e. The smallest absolute Gasteiger partial charge is 0.321 e. The highest BCUT2D eigenvalue weighted by molar-refractivity contribution is 5.90. The second-order valence-electron chi connectivity index (χ2n) is 6.23. The number of likely N-dealkylation sites (tertiary alicyclic amines) is 1. The van der Waals surface area contributed by atoms with E-state index in [2.05, 4.69) is 10.6 Å². The highest BCUT2D eigenvalue weighted by Gasteiger charge is 2.31. The summed E-state index contributed by atoms with van der Waals surface area (Å²) in [6, 6.07) is 7.46. The van der Waals surface area contributed by atoms with Gasteiger partial charge in [0.1, 0.15) is 5.75 Å². The standard InChI is InChI=1S/C17H23N3O3/c1-23-15-6-2-5-14(10-15)19-17(22)20-9-3-4-12(11-20)16(21)18-13-7-8-13/h2,5-6,10,12-13H,3-4,7-9,11H2,1H3,(H,18,21)(H,19,22)/t12-/m0/s1. The first-order valence-corrected chi connectivity index (χ1v) is 8.16. The number of urea groups is 1. The molecule has 0 unspecified atom stereocenters. The lowest BCUT2D eigenvalue weighted by Crippen LogP contribution is -2.47. The van der Waals surface area contributed by atoms with Gasteiger partial charge in [-0.15, -0.1) is 0 Å². The Balaban J connectivity index is 1.56. The van der Waals surface area contributed by atoms with Gasteiger partial charge in [0.25, 0.3) is 0 Å². The molecule has 0 aromatic heterocycles. The Hall–Kier alpha value is -2.24. The Morgan fingerprint density at radius 2 is 2.09 bits per heavy atom. The molecular weight excluding hydrogens is 294 g/mol. The number of hydrogen-bond donors (Lipinski definition) is 2. The van der Waals surface area contributed by atoms with Gasteiger partial charge in [0, 0.05) is 30.9 Å². The second-order valence-corrected chi connectivity index (χ2v) is 6.23. The molecule has 1 heterocycles. The molecule has 1 aromatic rings. The first kappa shape index (κ1) is 15.6. The molecule has 3 rings (SSSR count). The number of anilines is 1. The molecule has 2 aliphatic rings. The van der Waals surface area contributed by atoms with Crippen molar-refractivity contribution in [2.24, 2.45) is 5.92 Å². The van der Waals surface area contributed by atoms with Crippen LogP contribution in [0.15, 0.2) is 24.3 Å². The van der Waals surface area contributed by atoms with E-state index < -0.39 is 0 Å². The Kier molecular flexibility index (Phi) is 4.69. The van der Waals surface area contributed by atoms with E-state index in [9.17, 15) is 9.59 Å². The van der Waals surface area contributed by atoms with Crippen LogP contribution < -0.4 is 15.4 Å². The van der Waals surface area contributed by atoms with E-state index in [0.717, 1.165) is 25.7 Å². The van der Waals surface area contributed by atoms with Gasteiger partial charge in [-0.1, -0.05) is 6.07 Å². The van der Waals surface area contributed by atoms with Crippen molar-refractivity contribution in [1.29, 1.82) is 0 Å². The molecule has 6 nitrogen and oxygen atoms in total. The summed E-state index contributed by atoms with van der Waals surface area (Å²) in [5.41, 5.74) is 0.693. The van der Waals surface area contributed by atoms with Gasteiger partial charge in [-0.05, 0) is 37.8 Å². The summed E-state index contributed by atoms with van der Waals surface area (Å²) in [6.07, 6.45) is 3.87. The van der Waals surface area contributed by atoms with Crippen LogP contribution in [-0.4, -0.2) is 43.1 Å². The number of rotatable bonds is 4. The van der Waals surface area contributed by atoms with Gasteiger partial charge in [-0.25, -0.2) is 4.79 Å². The number of carbonyl (C=O) groups is 2. The minimum Gasteiger partial charge on any atom is -0.497 e. The van der Waals surface area contributed by atoms with Gasteiger partial charge >= 0.3 is 6.03 Å². The fraction of sp³-hybridized carbons (Fsp3) is 0.529. The fourth-order valence-electron chi connectivity index (χ4n) is 2.83. The predicted octanol–water partition coefficient (Wildman–Crippen LogP) is 2.22. The third kappa shape index (κ3) is 4.15. The number of piperidine rings is 1. The molecule has 1 atom stereocenters. The van der Waals surface area contributed by atoms with Crippen LogP contribution in [0.3, 0.4) is 0 Å². The van der Waals surface area contributed by atoms with Crippen LogP contribution in [0.1, 0.15) is 25.7 Å². The predicted molar refractivity (Wildman–Crippen MR) is 87.5 cm³/mol. The van der Waals surface area contributed by atoms with Crippen LogP contribution in [0.2, 0.25) is 0 Å². The fourth-order valence-corrected chi connectivity index (χ4v) is 2.83. The Morgan fingerprint density at radius 1 is 1.26 bits per heavy atom. The minimum atomic E-state index is -0.165. The van der Waals surface area contributed by atoms with Crippen LogP contribution in [0.4, 0.5) is 10.5 Å². The summed E-state index contributed by atoms with van der Waals surface area (Å²) < 4.78 is 5.16. The maximum atomic E-state index is 12.4. The molecule has 1 saturated heterocycles. The van der Waals surface area contributed by atoms with E-state index >= 15 is 0 Å². The minimum absolute atomic E-state index is 0.0892. The van der Waals surface area contributed by atoms with Crippen molar-refractivity contribution in [3.8, 4) is 5.75 Å². The SMILES string of the molecule is COc1cccc(NC(=O)N2CCC[C@H](C(=O)NC3CC3)C2)c1. The van der Waals surface area contributed by atoms with Crippen molar-refractivity contribution in [1.82, 2.24) is 10.2 Å². The topological polar surface area (TPSA) is 70.7 Å². The molecule has 0 spiro atoms. The van der Waals surface area contributed by atoms with Crippen molar-refractivity contribution in [2.45, 2.75) is 31.7 Å². The van der Waals surface area contributed by atoms with Gasteiger partial charge < -0.3 is 20.3 Å². The van der Waals surface area contributed by atoms with Gasteiger partial charge in [0.2, 0.25) is 5.91 Å². The summed E-state index contributed by atoms with van der Waals surface area (Å²) in [6.45, 7) is 1.16. The quantitative estimate of drug-likeness (QED) is 0.894. The molecule has 3 amide bonds. The van der Waals surface area contributed by atoms with Crippen molar-refractivity contribution < 1.29 is 14.3 Å². The molecule has 1 aliphatic heterocycles. The van der Waals surface area contributed by atoms with Crippen molar-refractivity contribution in [2.75, 3.05) is 25.5 Å². The molecule has 6 heteroatoms. The second kappa shape index (κ2) is 6.89. The molecule has 1 saturated carbocycles.